The zero-order valence-corrected chi connectivity index (χ0v) is 41.4. The van der Waals surface area contributed by atoms with E-state index in [0.29, 0.717) is 57.8 Å². The van der Waals surface area contributed by atoms with Crippen molar-refractivity contribution in [3.8, 4) is 0 Å². The van der Waals surface area contributed by atoms with Gasteiger partial charge in [0, 0.05) is 52.6 Å². The highest BCUT2D eigenvalue weighted by Crippen LogP contribution is 2.42. The number of carbonyl (C=O) groups excluding carboxylic acids is 5. The first-order valence-corrected chi connectivity index (χ1v) is 24.9. The lowest BCUT2D eigenvalue weighted by molar-refractivity contribution is -0.165. The molecule has 0 spiro atoms. The van der Waals surface area contributed by atoms with Crippen LogP contribution >= 0.6 is 0 Å². The molecule has 3 fully saturated rings. The third-order valence-electron chi connectivity index (χ3n) is 16.0. The summed E-state index contributed by atoms with van der Waals surface area (Å²) in [6.45, 7) is 13.7. The molecule has 2 saturated carbocycles. The number of rotatable bonds is 6. The Bertz CT molecular complexity index is 1690. The van der Waals surface area contributed by atoms with E-state index in [2.05, 4.69) is 6.92 Å². The minimum Gasteiger partial charge on any atom is -0.390 e. The Labute approximate surface area is 390 Å². The van der Waals surface area contributed by atoms with Gasteiger partial charge in [0.25, 0.3) is 11.7 Å². The molecule has 2 aliphatic heterocycles. The number of amides is 1. The van der Waals surface area contributed by atoms with Gasteiger partial charge < -0.3 is 34.4 Å². The number of hydrogen-bond acceptors (Lipinski definition) is 11. The van der Waals surface area contributed by atoms with Crippen LogP contribution in [-0.4, -0.2) is 119 Å². The number of hydrogen-bond donors (Lipinski definition) is 3. The Morgan fingerprint density at radius 1 is 0.785 bits per heavy atom. The number of carbonyl (C=O) groups is 5. The summed E-state index contributed by atoms with van der Waals surface area (Å²) < 4.78 is 17.2. The van der Waals surface area contributed by atoms with Gasteiger partial charge in [-0.1, -0.05) is 71.9 Å². The number of methoxy groups -OCH3 is 3. The first-order valence-electron chi connectivity index (χ1n) is 24.9. The van der Waals surface area contributed by atoms with E-state index in [0.717, 1.165) is 24.8 Å². The summed E-state index contributed by atoms with van der Waals surface area (Å²) in [5.41, 5.74) is -0.904. The monoisotopic (exact) mass is 912 g/mol. The lowest BCUT2D eigenvalue weighted by atomic mass is 9.67. The maximum atomic E-state index is 14.6. The fourth-order valence-corrected chi connectivity index (χ4v) is 11.5. The normalized spacial score (nSPS) is 41.0. The van der Waals surface area contributed by atoms with Crippen LogP contribution in [0.4, 0.5) is 0 Å². The lowest BCUT2D eigenvalue weighted by Gasteiger charge is -2.43. The molecule has 1 saturated heterocycles. The molecule has 4 aliphatic rings. The van der Waals surface area contributed by atoms with Gasteiger partial charge in [-0.3, -0.25) is 24.0 Å². The Kier molecular flexibility index (Phi) is 21.5. The van der Waals surface area contributed by atoms with Crippen molar-refractivity contribution < 1.29 is 53.5 Å². The fourth-order valence-electron chi connectivity index (χ4n) is 11.5. The SMILES string of the molecule is COC1C[C@H]2CC[C@@H](C)C(O)(C2)C(=O)C(=O)N2CCCC[C@H]2C(=O)C[C@@H]([C@@H](C)CC2CC[C@@H](O)C(OC)C2)CC(=O)[C@@H](C)CC(C)[C@@H](O)C(OC)C(=O)[C@H](C)C[C@@H](C)/C=C/C=C/C=C/1C. The summed E-state index contributed by atoms with van der Waals surface area (Å²) in [4.78, 5) is 72.8. The van der Waals surface area contributed by atoms with E-state index >= 15 is 0 Å². The Morgan fingerprint density at radius 2 is 1.49 bits per heavy atom. The van der Waals surface area contributed by atoms with Crippen LogP contribution in [0.25, 0.3) is 0 Å². The number of fused-ring (bicyclic) bond motifs is 3. The second kappa shape index (κ2) is 25.5. The summed E-state index contributed by atoms with van der Waals surface area (Å²) in [6.07, 6.45) is 14.1. The first kappa shape index (κ1) is 54.7. The minimum atomic E-state index is -1.88. The van der Waals surface area contributed by atoms with Crippen LogP contribution in [0.5, 0.6) is 0 Å². The average molecular weight is 912 g/mol. The van der Waals surface area contributed by atoms with Crippen molar-refractivity contribution in [2.45, 2.75) is 187 Å². The molecule has 12 heteroatoms. The van der Waals surface area contributed by atoms with Crippen molar-refractivity contribution >= 4 is 29.0 Å². The van der Waals surface area contributed by atoms with Crippen LogP contribution < -0.4 is 0 Å². The van der Waals surface area contributed by atoms with Gasteiger partial charge in [-0.2, -0.15) is 0 Å². The highest BCUT2D eigenvalue weighted by atomic mass is 16.5. The molecule has 65 heavy (non-hydrogen) atoms. The van der Waals surface area contributed by atoms with Gasteiger partial charge in [-0.15, -0.1) is 0 Å². The standard InChI is InChI=1S/C53H85NO11/c1-32-16-12-11-13-17-33(2)46(63-8)28-40-20-19-38(7)53(62,31-40)51(60)52(61)54-23-15-14-18-42(54)45(57)30-41(34(3)26-39-21-22-43(55)47(27-39)64-9)29-44(56)35(4)25-37(6)49(59)50(65-10)48(58)36(5)24-32/h11-13,16-17,32,34-43,46-47,49-50,55,59,62H,14-15,18-31H2,1-10H3/b13-11+,16-12+,33-17+/t32-,34-,35-,36+,37?,38+,39?,40+,41-,42-,43+,46?,47?,49+,50?,53?/m0/s1. The molecular formula is C53H85NO11. The largest absolute Gasteiger partial charge is 0.390 e. The molecule has 1 amide bonds. The summed E-state index contributed by atoms with van der Waals surface area (Å²) in [7, 11) is 4.68. The van der Waals surface area contributed by atoms with Gasteiger partial charge in [-0.05, 0) is 137 Å². The predicted octanol–water partition coefficient (Wildman–Crippen LogP) is 7.59. The molecule has 0 aromatic heterocycles. The van der Waals surface area contributed by atoms with Gasteiger partial charge in [0.2, 0.25) is 0 Å². The number of ketones is 4. The predicted molar refractivity (Wildman–Crippen MR) is 252 cm³/mol. The topological polar surface area (TPSA) is 177 Å². The van der Waals surface area contributed by atoms with Crippen LogP contribution in [0, 0.1) is 53.3 Å². The molecule has 2 aliphatic carbocycles. The van der Waals surface area contributed by atoms with E-state index in [9.17, 15) is 39.3 Å². The number of nitrogens with zero attached hydrogens (tertiary/aromatic N) is 1. The third kappa shape index (κ3) is 14.6. The molecule has 2 bridgehead atoms. The lowest BCUT2D eigenvalue weighted by Crippen LogP contribution is -2.59. The van der Waals surface area contributed by atoms with Gasteiger partial charge in [0.15, 0.2) is 11.6 Å². The quantitative estimate of drug-likeness (QED) is 0.224. The van der Waals surface area contributed by atoms with Crippen molar-refractivity contribution in [1.29, 1.82) is 0 Å². The van der Waals surface area contributed by atoms with Crippen LogP contribution in [0.15, 0.2) is 36.0 Å². The van der Waals surface area contributed by atoms with Crippen LogP contribution in [0.1, 0.15) is 145 Å². The number of Topliss-reactive ketones (excluding diaryl/α,β-unsaturated/α-hetero) is 4. The van der Waals surface area contributed by atoms with Crippen LogP contribution in [0.2, 0.25) is 0 Å². The molecule has 3 N–H and O–H groups in total. The van der Waals surface area contributed by atoms with Crippen molar-refractivity contribution in [3.05, 3.63) is 36.0 Å². The van der Waals surface area contributed by atoms with Crippen molar-refractivity contribution in [3.63, 3.8) is 0 Å². The van der Waals surface area contributed by atoms with E-state index < -0.39 is 59.4 Å². The Balaban J connectivity index is 1.68. The second-order valence-corrected chi connectivity index (χ2v) is 21.1. The highest BCUT2D eigenvalue weighted by molar-refractivity contribution is 6.39. The molecule has 0 radical (unpaired) electrons. The summed E-state index contributed by atoms with van der Waals surface area (Å²) in [6, 6.07) is -0.850. The first-order chi connectivity index (χ1) is 30.7. The van der Waals surface area contributed by atoms with Crippen LogP contribution in [-0.2, 0) is 38.2 Å². The molecule has 0 aromatic carbocycles. The van der Waals surface area contributed by atoms with Gasteiger partial charge in [0.05, 0.1) is 30.5 Å². The van der Waals surface area contributed by atoms with Crippen LogP contribution in [0.3, 0.4) is 0 Å². The van der Waals surface area contributed by atoms with Crippen molar-refractivity contribution in [1.82, 2.24) is 4.90 Å². The second-order valence-electron chi connectivity index (χ2n) is 21.1. The molecular weight excluding hydrogens is 827 g/mol. The number of allylic oxidation sites excluding steroid dienone is 5. The van der Waals surface area contributed by atoms with E-state index in [1.165, 1.54) is 12.0 Å². The molecule has 4 rings (SSSR count). The van der Waals surface area contributed by atoms with Gasteiger partial charge in [0.1, 0.15) is 17.5 Å². The van der Waals surface area contributed by atoms with E-state index in [4.69, 9.17) is 14.2 Å². The van der Waals surface area contributed by atoms with Gasteiger partial charge >= 0.3 is 0 Å². The highest BCUT2D eigenvalue weighted by Gasteiger charge is 2.51. The fraction of sp³-hybridized carbons (Fsp3) is 0.792. The molecule has 16 atom stereocenters. The maximum Gasteiger partial charge on any atom is 0.293 e. The molecule has 12 nitrogen and oxygen atoms in total. The smallest absolute Gasteiger partial charge is 0.293 e. The van der Waals surface area contributed by atoms with Gasteiger partial charge in [-0.25, -0.2) is 0 Å². The van der Waals surface area contributed by atoms with E-state index in [-0.39, 0.29) is 90.9 Å². The zero-order valence-electron chi connectivity index (χ0n) is 41.4. The molecule has 6 unspecified atom stereocenters. The molecule has 2 heterocycles. The third-order valence-corrected chi connectivity index (χ3v) is 16.0. The molecule has 0 aromatic rings. The summed E-state index contributed by atoms with van der Waals surface area (Å²) >= 11 is 0. The number of aliphatic hydroxyl groups excluding tert-OH is 2. The molecule has 368 valence electrons. The number of aliphatic hydroxyl groups is 3. The van der Waals surface area contributed by atoms with E-state index in [1.54, 1.807) is 14.2 Å². The number of piperidine rings is 1. The minimum absolute atomic E-state index is 0.0401. The average Bonchev–Trinajstić information content (AvgIpc) is 3.28. The number of ether oxygens (including phenoxy) is 3. The Hall–Kier alpha value is -2.87. The maximum absolute atomic E-state index is 14.6. The summed E-state index contributed by atoms with van der Waals surface area (Å²) in [5.74, 6) is -4.11. The van der Waals surface area contributed by atoms with Crippen molar-refractivity contribution in [2.24, 2.45) is 53.3 Å². The Morgan fingerprint density at radius 3 is 2.17 bits per heavy atom. The summed E-state index contributed by atoms with van der Waals surface area (Å²) in [5, 5.41) is 34.2. The zero-order chi connectivity index (χ0) is 48.2. The van der Waals surface area contributed by atoms with Crippen molar-refractivity contribution in [2.75, 3.05) is 27.9 Å². The van der Waals surface area contributed by atoms with E-state index in [1.807, 2.05) is 71.9 Å².